The average molecular weight is 427 g/mol. The molecule has 0 aliphatic carbocycles. The smallest absolute Gasteiger partial charge is 0.245 e. The monoisotopic (exact) mass is 426 g/mol. The van der Waals surface area contributed by atoms with Gasteiger partial charge in [-0.05, 0) is 25.0 Å². The van der Waals surface area contributed by atoms with Crippen LogP contribution in [0.15, 0.2) is 30.3 Å². The van der Waals surface area contributed by atoms with Gasteiger partial charge in [-0.2, -0.15) is 5.10 Å². The largest absolute Gasteiger partial charge is 0.333 e. The molecular formula is C25H38N4O2. The molecule has 0 aliphatic rings. The Kier molecular flexibility index (Phi) is 7.35. The highest BCUT2D eigenvalue weighted by Gasteiger charge is 2.29. The number of amides is 2. The summed E-state index contributed by atoms with van der Waals surface area (Å²) in [6, 6.07) is 9.92. The zero-order valence-electron chi connectivity index (χ0n) is 20.5. The molecule has 0 radical (unpaired) electrons. The lowest BCUT2D eigenvalue weighted by Crippen LogP contribution is -2.45. The van der Waals surface area contributed by atoms with Gasteiger partial charge < -0.3 is 10.2 Å². The van der Waals surface area contributed by atoms with Crippen LogP contribution in [0.2, 0.25) is 0 Å². The highest BCUT2D eigenvalue weighted by Crippen LogP contribution is 2.26. The number of rotatable bonds is 6. The summed E-state index contributed by atoms with van der Waals surface area (Å²) in [4.78, 5) is 27.5. The third kappa shape index (κ3) is 6.68. The summed E-state index contributed by atoms with van der Waals surface area (Å²) < 4.78 is 1.76. The molecule has 6 nitrogen and oxygen atoms in total. The lowest BCUT2D eigenvalue weighted by Gasteiger charge is -2.30. The molecule has 0 atom stereocenters. The standard InChI is InChI=1S/C25H38N4O2/c1-17(2)15-28(23(31)25(7,8)9)16-22(30)26-21-14-20(24(4,5)6)27-29(21)19-12-10-18(3)11-13-19/h10-14,17H,15-16H2,1-9H3,(H,26,30). The predicted molar refractivity (Wildman–Crippen MR) is 127 cm³/mol. The molecule has 0 saturated carbocycles. The lowest BCUT2D eigenvalue weighted by molar-refractivity contribution is -0.142. The molecular weight excluding hydrogens is 388 g/mol. The van der Waals surface area contributed by atoms with E-state index in [0.29, 0.717) is 12.4 Å². The van der Waals surface area contributed by atoms with Crippen molar-refractivity contribution in [2.75, 3.05) is 18.4 Å². The maximum atomic E-state index is 13.0. The number of aromatic nitrogens is 2. The van der Waals surface area contributed by atoms with Gasteiger partial charge in [-0.25, -0.2) is 4.68 Å². The molecule has 0 fully saturated rings. The summed E-state index contributed by atoms with van der Waals surface area (Å²) >= 11 is 0. The van der Waals surface area contributed by atoms with E-state index in [4.69, 9.17) is 5.10 Å². The molecule has 1 N–H and O–H groups in total. The zero-order chi connectivity index (χ0) is 23.6. The van der Waals surface area contributed by atoms with Crippen LogP contribution in [0.1, 0.15) is 66.6 Å². The maximum Gasteiger partial charge on any atom is 0.245 e. The lowest BCUT2D eigenvalue weighted by atomic mass is 9.92. The van der Waals surface area contributed by atoms with Crippen molar-refractivity contribution in [3.8, 4) is 5.69 Å². The van der Waals surface area contributed by atoms with Crippen LogP contribution in [0.5, 0.6) is 0 Å². The first-order valence-corrected chi connectivity index (χ1v) is 11.0. The number of benzene rings is 1. The minimum Gasteiger partial charge on any atom is -0.333 e. The Labute approximate surface area is 187 Å². The highest BCUT2D eigenvalue weighted by atomic mass is 16.2. The minimum atomic E-state index is -0.543. The number of hydrogen-bond donors (Lipinski definition) is 1. The molecule has 0 saturated heterocycles. The first-order chi connectivity index (χ1) is 14.2. The summed E-state index contributed by atoms with van der Waals surface area (Å²) in [5, 5.41) is 7.75. The Morgan fingerprint density at radius 2 is 1.65 bits per heavy atom. The molecule has 0 aliphatic heterocycles. The molecule has 170 valence electrons. The third-order valence-electron chi connectivity index (χ3n) is 4.87. The quantitative estimate of drug-likeness (QED) is 0.711. The Hall–Kier alpha value is -2.63. The number of carbonyl (C=O) groups excluding carboxylic acids is 2. The number of carbonyl (C=O) groups is 2. The molecule has 31 heavy (non-hydrogen) atoms. The van der Waals surface area contributed by atoms with Crippen molar-refractivity contribution >= 4 is 17.6 Å². The fourth-order valence-electron chi connectivity index (χ4n) is 3.21. The van der Waals surface area contributed by atoms with Gasteiger partial charge in [-0.1, -0.05) is 73.1 Å². The van der Waals surface area contributed by atoms with E-state index in [9.17, 15) is 9.59 Å². The molecule has 0 bridgehead atoms. The van der Waals surface area contributed by atoms with Crippen LogP contribution >= 0.6 is 0 Å². The number of anilines is 1. The van der Waals surface area contributed by atoms with E-state index in [1.54, 1.807) is 9.58 Å². The fraction of sp³-hybridized carbons (Fsp3) is 0.560. The van der Waals surface area contributed by atoms with Gasteiger partial charge in [0.2, 0.25) is 11.8 Å². The second kappa shape index (κ2) is 9.25. The molecule has 2 aromatic rings. The van der Waals surface area contributed by atoms with Gasteiger partial charge in [0.25, 0.3) is 0 Å². The maximum absolute atomic E-state index is 13.0. The number of hydrogen-bond acceptors (Lipinski definition) is 3. The first kappa shape index (κ1) is 24.6. The van der Waals surface area contributed by atoms with Crippen molar-refractivity contribution in [3.63, 3.8) is 0 Å². The molecule has 2 amide bonds. The molecule has 1 heterocycles. The third-order valence-corrected chi connectivity index (χ3v) is 4.87. The van der Waals surface area contributed by atoms with E-state index in [0.717, 1.165) is 16.9 Å². The van der Waals surface area contributed by atoms with Crippen molar-refractivity contribution in [1.29, 1.82) is 0 Å². The molecule has 6 heteroatoms. The van der Waals surface area contributed by atoms with Crippen LogP contribution < -0.4 is 5.32 Å². The van der Waals surface area contributed by atoms with Gasteiger partial charge in [0, 0.05) is 23.4 Å². The van der Waals surface area contributed by atoms with Crippen LogP contribution in [0.3, 0.4) is 0 Å². The van der Waals surface area contributed by atoms with Crippen LogP contribution in [0.25, 0.3) is 5.69 Å². The Balaban J connectivity index is 2.33. The van der Waals surface area contributed by atoms with Crippen LogP contribution in [-0.4, -0.2) is 39.6 Å². The number of nitrogens with one attached hydrogen (secondary N) is 1. The molecule has 1 aromatic carbocycles. The van der Waals surface area contributed by atoms with Crippen molar-refractivity contribution in [2.45, 2.75) is 67.7 Å². The molecule has 0 spiro atoms. The van der Waals surface area contributed by atoms with Gasteiger partial charge in [0.15, 0.2) is 0 Å². The Bertz CT molecular complexity index is 912. The van der Waals surface area contributed by atoms with E-state index in [1.807, 2.05) is 71.9 Å². The highest BCUT2D eigenvalue weighted by molar-refractivity contribution is 5.95. The van der Waals surface area contributed by atoms with E-state index in [-0.39, 0.29) is 29.7 Å². The Morgan fingerprint density at radius 1 is 1.06 bits per heavy atom. The van der Waals surface area contributed by atoms with E-state index in [1.165, 1.54) is 0 Å². The summed E-state index contributed by atoms with van der Waals surface area (Å²) in [6.07, 6.45) is 0. The second-order valence-corrected chi connectivity index (χ2v) is 10.8. The topological polar surface area (TPSA) is 67.2 Å². The van der Waals surface area contributed by atoms with Crippen LogP contribution in [0.4, 0.5) is 5.82 Å². The van der Waals surface area contributed by atoms with Crippen molar-refractivity contribution < 1.29 is 9.59 Å². The van der Waals surface area contributed by atoms with Crippen molar-refractivity contribution in [2.24, 2.45) is 11.3 Å². The van der Waals surface area contributed by atoms with E-state index in [2.05, 4.69) is 26.1 Å². The van der Waals surface area contributed by atoms with Gasteiger partial charge in [0.05, 0.1) is 17.9 Å². The van der Waals surface area contributed by atoms with E-state index < -0.39 is 5.41 Å². The van der Waals surface area contributed by atoms with Gasteiger partial charge in [-0.3, -0.25) is 9.59 Å². The zero-order valence-corrected chi connectivity index (χ0v) is 20.5. The summed E-state index contributed by atoms with van der Waals surface area (Å²) in [6.45, 7) is 18.6. The predicted octanol–water partition coefficient (Wildman–Crippen LogP) is 4.95. The molecule has 0 unspecified atom stereocenters. The summed E-state index contributed by atoms with van der Waals surface area (Å²) in [7, 11) is 0. The molecule has 2 rings (SSSR count). The van der Waals surface area contributed by atoms with Gasteiger partial charge >= 0.3 is 0 Å². The van der Waals surface area contributed by atoms with Crippen molar-refractivity contribution in [3.05, 3.63) is 41.6 Å². The second-order valence-electron chi connectivity index (χ2n) is 10.8. The van der Waals surface area contributed by atoms with Gasteiger partial charge in [0.1, 0.15) is 5.82 Å². The average Bonchev–Trinajstić information content (AvgIpc) is 3.04. The summed E-state index contributed by atoms with van der Waals surface area (Å²) in [5.41, 5.74) is 2.21. The van der Waals surface area contributed by atoms with Crippen LogP contribution in [-0.2, 0) is 15.0 Å². The SMILES string of the molecule is Cc1ccc(-n2nc(C(C)(C)C)cc2NC(=O)CN(CC(C)C)C(=O)C(C)(C)C)cc1. The molecule has 1 aromatic heterocycles. The van der Waals surface area contributed by atoms with Crippen LogP contribution in [0, 0.1) is 18.3 Å². The number of aryl methyl sites for hydroxylation is 1. The number of nitrogens with zero attached hydrogens (tertiary/aromatic N) is 3. The Morgan fingerprint density at radius 3 is 2.13 bits per heavy atom. The van der Waals surface area contributed by atoms with E-state index >= 15 is 0 Å². The van der Waals surface area contributed by atoms with Gasteiger partial charge in [-0.15, -0.1) is 0 Å². The first-order valence-electron chi connectivity index (χ1n) is 11.0. The normalized spacial score (nSPS) is 12.2. The minimum absolute atomic E-state index is 0.0121. The van der Waals surface area contributed by atoms with Crippen molar-refractivity contribution in [1.82, 2.24) is 14.7 Å². The summed E-state index contributed by atoms with van der Waals surface area (Å²) in [5.74, 6) is 0.613. The fourth-order valence-corrected chi connectivity index (χ4v) is 3.21.